The van der Waals surface area contributed by atoms with E-state index in [4.69, 9.17) is 0 Å². The van der Waals surface area contributed by atoms with Gasteiger partial charge < -0.3 is 5.32 Å². The molecule has 0 aliphatic heterocycles. The van der Waals surface area contributed by atoms with E-state index >= 15 is 0 Å². The number of rotatable bonds is 3. The van der Waals surface area contributed by atoms with Gasteiger partial charge in [-0.15, -0.1) is 0 Å². The minimum Gasteiger partial charge on any atom is -0.322 e. The summed E-state index contributed by atoms with van der Waals surface area (Å²) in [4.78, 5) is 20.5. The highest BCUT2D eigenvalue weighted by Gasteiger charge is 2.10. The second-order valence-electron chi connectivity index (χ2n) is 2.65. The maximum atomic E-state index is 12.9. The summed E-state index contributed by atoms with van der Waals surface area (Å²) < 4.78 is 12.9. The number of anilines is 1. The molecule has 5 nitrogen and oxygen atoms in total. The van der Waals surface area contributed by atoms with Crippen molar-refractivity contribution in [3.63, 3.8) is 0 Å². The van der Waals surface area contributed by atoms with E-state index in [9.17, 15) is 19.3 Å². The molecule has 6 heteroatoms. The van der Waals surface area contributed by atoms with Crippen molar-refractivity contribution in [2.45, 2.75) is 0 Å². The Morgan fingerprint density at radius 2 is 2.20 bits per heavy atom. The number of benzene rings is 1. The first-order chi connectivity index (χ1) is 7.02. The summed E-state index contributed by atoms with van der Waals surface area (Å²) in [5, 5.41) is 12.6. The SMILES string of the molecule is C=CC(=O)Nc1cc(F)cc([N+](=O)[O-])c1. The van der Waals surface area contributed by atoms with Gasteiger partial charge in [-0.25, -0.2) is 4.39 Å². The first-order valence-electron chi connectivity index (χ1n) is 3.91. The molecule has 0 saturated carbocycles. The van der Waals surface area contributed by atoms with Crippen molar-refractivity contribution in [1.29, 1.82) is 0 Å². The van der Waals surface area contributed by atoms with Gasteiger partial charge in [0.1, 0.15) is 5.82 Å². The van der Waals surface area contributed by atoms with Gasteiger partial charge in [-0.2, -0.15) is 0 Å². The number of halogens is 1. The molecule has 0 aliphatic rings. The molecule has 15 heavy (non-hydrogen) atoms. The first-order valence-corrected chi connectivity index (χ1v) is 3.91. The third-order valence-electron chi connectivity index (χ3n) is 1.55. The molecule has 0 atom stereocenters. The fourth-order valence-corrected chi connectivity index (χ4v) is 0.945. The van der Waals surface area contributed by atoms with Crippen molar-refractivity contribution >= 4 is 17.3 Å². The van der Waals surface area contributed by atoms with E-state index in [1.165, 1.54) is 0 Å². The minimum atomic E-state index is -0.788. The Morgan fingerprint density at radius 3 is 2.73 bits per heavy atom. The quantitative estimate of drug-likeness (QED) is 0.470. The van der Waals surface area contributed by atoms with Crippen LogP contribution in [0.5, 0.6) is 0 Å². The predicted molar refractivity (Wildman–Crippen MR) is 51.9 cm³/mol. The molecule has 0 unspecified atom stereocenters. The number of hydrogen-bond donors (Lipinski definition) is 1. The van der Waals surface area contributed by atoms with Gasteiger partial charge in [0.2, 0.25) is 5.91 Å². The maximum Gasteiger partial charge on any atom is 0.274 e. The summed E-state index contributed by atoms with van der Waals surface area (Å²) in [6.07, 6.45) is 0.983. The fraction of sp³-hybridized carbons (Fsp3) is 0. The van der Waals surface area contributed by atoms with E-state index in [2.05, 4.69) is 11.9 Å². The molecule has 0 heterocycles. The third-order valence-corrected chi connectivity index (χ3v) is 1.55. The summed E-state index contributed by atoms with van der Waals surface area (Å²) in [6, 6.07) is 2.81. The van der Waals surface area contributed by atoms with Gasteiger partial charge in [0.05, 0.1) is 16.7 Å². The standard InChI is InChI=1S/C9H7FN2O3/c1-2-9(13)11-7-3-6(10)4-8(5-7)12(14)15/h2-5H,1H2,(H,11,13). The van der Waals surface area contributed by atoms with E-state index < -0.39 is 22.3 Å². The van der Waals surface area contributed by atoms with E-state index in [1.807, 2.05) is 0 Å². The summed E-state index contributed by atoms with van der Waals surface area (Å²) >= 11 is 0. The van der Waals surface area contributed by atoms with E-state index in [0.29, 0.717) is 0 Å². The van der Waals surface area contributed by atoms with Gasteiger partial charge in [0, 0.05) is 6.07 Å². The molecule has 1 aromatic carbocycles. The zero-order valence-corrected chi connectivity index (χ0v) is 7.57. The van der Waals surface area contributed by atoms with Crippen LogP contribution in [0, 0.1) is 15.9 Å². The smallest absolute Gasteiger partial charge is 0.274 e. The van der Waals surface area contributed by atoms with Gasteiger partial charge in [-0.1, -0.05) is 6.58 Å². The number of non-ortho nitro benzene ring substituents is 1. The Bertz CT molecular complexity index is 431. The minimum absolute atomic E-state index is 0.0200. The monoisotopic (exact) mass is 210 g/mol. The van der Waals surface area contributed by atoms with Crippen molar-refractivity contribution in [3.8, 4) is 0 Å². The van der Waals surface area contributed by atoms with Gasteiger partial charge in [-0.05, 0) is 12.1 Å². The number of nitro groups is 1. The van der Waals surface area contributed by atoms with Crippen molar-refractivity contribution in [2.24, 2.45) is 0 Å². The van der Waals surface area contributed by atoms with E-state index in [1.54, 1.807) is 0 Å². The second kappa shape index (κ2) is 4.32. The predicted octanol–water partition coefficient (Wildman–Crippen LogP) is 1.86. The van der Waals surface area contributed by atoms with Crippen LogP contribution in [0.3, 0.4) is 0 Å². The van der Waals surface area contributed by atoms with Crippen LogP contribution in [0.4, 0.5) is 15.8 Å². The summed E-state index contributed by atoms with van der Waals surface area (Å²) in [6.45, 7) is 3.20. The Morgan fingerprint density at radius 1 is 1.53 bits per heavy atom. The second-order valence-corrected chi connectivity index (χ2v) is 2.65. The van der Waals surface area contributed by atoms with Crippen LogP contribution in [-0.2, 0) is 4.79 Å². The average molecular weight is 210 g/mol. The first kappa shape index (κ1) is 10.8. The molecule has 0 saturated heterocycles. The zero-order valence-electron chi connectivity index (χ0n) is 7.57. The topological polar surface area (TPSA) is 72.2 Å². The number of carbonyl (C=O) groups is 1. The highest BCUT2D eigenvalue weighted by atomic mass is 19.1. The number of carbonyl (C=O) groups excluding carboxylic acids is 1. The van der Waals surface area contributed by atoms with Crippen LogP contribution in [0.1, 0.15) is 0 Å². The molecule has 1 aromatic rings. The summed E-state index contributed by atoms with van der Waals surface area (Å²) in [5.74, 6) is -1.35. The lowest BCUT2D eigenvalue weighted by Gasteiger charge is -2.01. The molecule has 0 aliphatic carbocycles. The molecule has 0 radical (unpaired) electrons. The van der Waals surface area contributed by atoms with Crippen molar-refractivity contribution in [2.75, 3.05) is 5.32 Å². The number of nitro benzene ring substituents is 1. The summed E-state index contributed by atoms with van der Waals surface area (Å²) in [7, 11) is 0. The molecule has 0 fully saturated rings. The molecule has 1 N–H and O–H groups in total. The van der Waals surface area contributed by atoms with Gasteiger partial charge in [-0.3, -0.25) is 14.9 Å². The largest absolute Gasteiger partial charge is 0.322 e. The summed E-state index contributed by atoms with van der Waals surface area (Å²) in [5.41, 5.74) is -0.402. The molecule has 0 spiro atoms. The maximum absolute atomic E-state index is 12.9. The number of nitrogens with zero attached hydrogens (tertiary/aromatic N) is 1. The Kier molecular flexibility index (Phi) is 3.12. The van der Waals surface area contributed by atoms with Crippen LogP contribution in [-0.4, -0.2) is 10.8 Å². The molecule has 1 rings (SSSR count). The molecular weight excluding hydrogens is 203 g/mol. The average Bonchev–Trinajstić information content (AvgIpc) is 2.16. The van der Waals surface area contributed by atoms with Crippen molar-refractivity contribution in [1.82, 2.24) is 0 Å². The van der Waals surface area contributed by atoms with Crippen LogP contribution < -0.4 is 5.32 Å². The lowest BCUT2D eigenvalue weighted by atomic mass is 10.2. The highest BCUT2D eigenvalue weighted by molar-refractivity contribution is 5.99. The van der Waals surface area contributed by atoms with E-state index in [0.717, 1.165) is 24.3 Å². The lowest BCUT2D eigenvalue weighted by molar-refractivity contribution is -0.385. The Balaban J connectivity index is 3.03. The Labute approximate surface area is 84.4 Å². The van der Waals surface area contributed by atoms with Gasteiger partial charge in [0.25, 0.3) is 5.69 Å². The van der Waals surface area contributed by atoms with Crippen LogP contribution >= 0.6 is 0 Å². The molecule has 78 valence electrons. The molecule has 0 aromatic heterocycles. The zero-order chi connectivity index (χ0) is 11.4. The number of nitrogens with one attached hydrogen (secondary N) is 1. The molecular formula is C9H7FN2O3. The van der Waals surface area contributed by atoms with Crippen LogP contribution in [0.15, 0.2) is 30.9 Å². The lowest BCUT2D eigenvalue weighted by Crippen LogP contribution is -2.07. The molecule has 0 bridgehead atoms. The molecule has 1 amide bonds. The highest BCUT2D eigenvalue weighted by Crippen LogP contribution is 2.19. The number of amides is 1. The number of hydrogen-bond acceptors (Lipinski definition) is 3. The van der Waals surface area contributed by atoms with Crippen molar-refractivity contribution < 1.29 is 14.1 Å². The van der Waals surface area contributed by atoms with Gasteiger partial charge in [0.15, 0.2) is 0 Å². The Hall–Kier alpha value is -2.24. The van der Waals surface area contributed by atoms with Crippen molar-refractivity contribution in [3.05, 3.63) is 46.8 Å². The third kappa shape index (κ3) is 2.87. The normalized spacial score (nSPS) is 9.40. The fourth-order valence-electron chi connectivity index (χ4n) is 0.945. The van der Waals surface area contributed by atoms with E-state index in [-0.39, 0.29) is 5.69 Å². The van der Waals surface area contributed by atoms with Crippen LogP contribution in [0.2, 0.25) is 0 Å². The van der Waals surface area contributed by atoms with Gasteiger partial charge >= 0.3 is 0 Å². The van der Waals surface area contributed by atoms with Crippen LogP contribution in [0.25, 0.3) is 0 Å².